The van der Waals surface area contributed by atoms with Crippen molar-refractivity contribution < 1.29 is 42.9 Å². The SMILES string of the molecule is CCCCCCC/C=C\C/C=C\C/C=C\CCCCCCCCCCCCCCCCCCCCC(=O)OC(COC(=O)CCCCCCC)COC(OCC[N+](C)(C)C)C(=O)[O-]. The molecule has 368 valence electrons. The lowest BCUT2D eigenvalue weighted by molar-refractivity contribution is -0.870. The number of aliphatic carboxylic acids is 1. The molecule has 0 radical (unpaired) electrons. The van der Waals surface area contributed by atoms with Crippen molar-refractivity contribution in [2.75, 3.05) is 47.5 Å². The lowest BCUT2D eigenvalue weighted by atomic mass is 10.0. The van der Waals surface area contributed by atoms with Crippen LogP contribution in [-0.4, -0.2) is 82.3 Å². The first-order chi connectivity index (χ1) is 30.6. The molecule has 0 heterocycles. The summed E-state index contributed by atoms with van der Waals surface area (Å²) in [6.45, 7) is 4.64. The Labute approximate surface area is 388 Å². The molecule has 0 aromatic carbocycles. The molecule has 0 aromatic rings. The largest absolute Gasteiger partial charge is 0.545 e. The average Bonchev–Trinajstić information content (AvgIpc) is 3.24. The number of rotatable bonds is 48. The highest BCUT2D eigenvalue weighted by Gasteiger charge is 2.22. The summed E-state index contributed by atoms with van der Waals surface area (Å²) >= 11 is 0. The molecule has 0 aliphatic heterocycles. The van der Waals surface area contributed by atoms with Gasteiger partial charge in [-0.25, -0.2) is 0 Å². The van der Waals surface area contributed by atoms with Crippen molar-refractivity contribution in [2.24, 2.45) is 0 Å². The topological polar surface area (TPSA) is 111 Å². The number of carboxylic acid groups (broad SMARTS) is 1. The van der Waals surface area contributed by atoms with Crippen LogP contribution in [0.15, 0.2) is 36.5 Å². The summed E-state index contributed by atoms with van der Waals surface area (Å²) in [5.74, 6) is -2.29. The van der Waals surface area contributed by atoms with Crippen molar-refractivity contribution in [2.45, 2.75) is 245 Å². The number of hydrogen-bond donors (Lipinski definition) is 0. The standard InChI is InChI=1S/C54H99NO8/c1-6-8-10-12-13-14-15-16-17-18-19-20-21-22-23-24-25-26-27-28-29-30-31-32-33-34-35-36-37-38-39-41-43-45-52(57)63-50(48-61-51(56)44-42-40-11-9-7-2)49-62-54(53(58)59)60-47-46-55(3,4)5/h15-16,18-19,21-22,50,54H,6-14,17,20,23-49H2,1-5H3/b16-15-,19-18-,22-21-. The van der Waals surface area contributed by atoms with Crippen molar-refractivity contribution in [1.29, 1.82) is 0 Å². The fourth-order valence-corrected chi connectivity index (χ4v) is 7.31. The molecule has 63 heavy (non-hydrogen) atoms. The van der Waals surface area contributed by atoms with Crippen LogP contribution >= 0.6 is 0 Å². The zero-order valence-electron chi connectivity index (χ0n) is 41.7. The van der Waals surface area contributed by atoms with Gasteiger partial charge in [0.2, 0.25) is 0 Å². The molecule has 0 amide bonds. The van der Waals surface area contributed by atoms with E-state index in [0.717, 1.165) is 57.8 Å². The highest BCUT2D eigenvalue weighted by molar-refractivity contribution is 5.70. The van der Waals surface area contributed by atoms with E-state index in [4.69, 9.17) is 18.9 Å². The van der Waals surface area contributed by atoms with Crippen LogP contribution in [0.5, 0.6) is 0 Å². The first-order valence-electron chi connectivity index (χ1n) is 26.1. The number of ether oxygens (including phenoxy) is 4. The second-order valence-electron chi connectivity index (χ2n) is 18.8. The Morgan fingerprint density at radius 3 is 1.27 bits per heavy atom. The maximum absolute atomic E-state index is 12.7. The number of nitrogens with zero attached hydrogens (tertiary/aromatic N) is 1. The van der Waals surface area contributed by atoms with E-state index < -0.39 is 24.3 Å². The van der Waals surface area contributed by atoms with E-state index in [9.17, 15) is 19.5 Å². The number of carbonyl (C=O) groups excluding carboxylic acids is 3. The second kappa shape index (κ2) is 46.1. The molecule has 0 aromatic heterocycles. The smallest absolute Gasteiger partial charge is 0.306 e. The van der Waals surface area contributed by atoms with E-state index in [0.29, 0.717) is 17.4 Å². The van der Waals surface area contributed by atoms with Crippen LogP contribution in [0.1, 0.15) is 232 Å². The third-order valence-corrected chi connectivity index (χ3v) is 11.4. The third-order valence-electron chi connectivity index (χ3n) is 11.4. The number of unbranched alkanes of at least 4 members (excludes halogenated alkanes) is 27. The minimum absolute atomic E-state index is 0.149. The minimum atomic E-state index is -1.61. The zero-order chi connectivity index (χ0) is 46.3. The summed E-state index contributed by atoms with van der Waals surface area (Å²) in [6.07, 6.45) is 51.1. The van der Waals surface area contributed by atoms with E-state index >= 15 is 0 Å². The fourth-order valence-electron chi connectivity index (χ4n) is 7.31. The maximum Gasteiger partial charge on any atom is 0.306 e. The summed E-state index contributed by atoms with van der Waals surface area (Å²) in [4.78, 5) is 36.7. The first kappa shape index (κ1) is 60.5. The molecule has 0 rings (SSSR count). The molecule has 0 aliphatic rings. The Balaban J connectivity index is 3.91. The maximum atomic E-state index is 12.7. The zero-order valence-corrected chi connectivity index (χ0v) is 41.7. The molecule has 2 unspecified atom stereocenters. The highest BCUT2D eigenvalue weighted by Crippen LogP contribution is 2.16. The van der Waals surface area contributed by atoms with Gasteiger partial charge in [-0.1, -0.05) is 204 Å². The van der Waals surface area contributed by atoms with Crippen LogP contribution in [-0.2, 0) is 33.3 Å². The number of allylic oxidation sites excluding steroid dienone is 6. The van der Waals surface area contributed by atoms with Crippen LogP contribution in [0, 0.1) is 0 Å². The molecule has 0 saturated heterocycles. The predicted octanol–water partition coefficient (Wildman–Crippen LogP) is 13.2. The highest BCUT2D eigenvalue weighted by atomic mass is 16.7. The number of likely N-dealkylation sites (N-methyl/N-ethyl adjacent to an activating group) is 1. The number of carbonyl (C=O) groups is 3. The van der Waals surface area contributed by atoms with E-state index in [2.05, 4.69) is 50.3 Å². The molecule has 9 heteroatoms. The molecule has 0 N–H and O–H groups in total. The number of esters is 2. The Kier molecular flexibility index (Phi) is 44.2. The van der Waals surface area contributed by atoms with Crippen molar-refractivity contribution in [3.63, 3.8) is 0 Å². The molecular weight excluding hydrogens is 791 g/mol. The van der Waals surface area contributed by atoms with E-state index in [1.165, 1.54) is 141 Å². The molecule has 0 bridgehead atoms. The van der Waals surface area contributed by atoms with Crippen LogP contribution < -0.4 is 5.11 Å². The summed E-state index contributed by atoms with van der Waals surface area (Å²) in [5.41, 5.74) is 0. The van der Waals surface area contributed by atoms with Crippen LogP contribution in [0.25, 0.3) is 0 Å². The summed E-state index contributed by atoms with van der Waals surface area (Å²) in [6, 6.07) is 0. The Hall–Kier alpha value is -2.49. The van der Waals surface area contributed by atoms with E-state index in [-0.39, 0.29) is 38.6 Å². The Bertz CT molecular complexity index is 1130. The van der Waals surface area contributed by atoms with Gasteiger partial charge in [-0.2, -0.15) is 0 Å². The monoisotopic (exact) mass is 890 g/mol. The molecule has 2 atom stereocenters. The van der Waals surface area contributed by atoms with Gasteiger partial charge in [-0.15, -0.1) is 0 Å². The normalized spacial score (nSPS) is 13.1. The van der Waals surface area contributed by atoms with Gasteiger partial charge in [0.1, 0.15) is 13.2 Å². The van der Waals surface area contributed by atoms with E-state index in [1.54, 1.807) is 0 Å². The quantitative estimate of drug-likeness (QED) is 0.0195. The number of quaternary nitrogens is 1. The van der Waals surface area contributed by atoms with Gasteiger partial charge in [0.15, 0.2) is 12.4 Å². The minimum Gasteiger partial charge on any atom is -0.545 e. The average molecular weight is 890 g/mol. The molecule has 0 saturated carbocycles. The van der Waals surface area contributed by atoms with Crippen LogP contribution in [0.2, 0.25) is 0 Å². The summed E-state index contributed by atoms with van der Waals surface area (Å²) in [5, 5.41) is 11.6. The Morgan fingerprint density at radius 1 is 0.476 bits per heavy atom. The van der Waals surface area contributed by atoms with Crippen LogP contribution in [0.3, 0.4) is 0 Å². The summed E-state index contributed by atoms with van der Waals surface area (Å²) < 4.78 is 22.4. The predicted molar refractivity (Wildman–Crippen MR) is 260 cm³/mol. The van der Waals surface area contributed by atoms with Crippen molar-refractivity contribution in [3.8, 4) is 0 Å². The van der Waals surface area contributed by atoms with E-state index in [1.807, 2.05) is 21.1 Å². The van der Waals surface area contributed by atoms with Gasteiger partial charge in [-0.05, 0) is 51.4 Å². The second-order valence-corrected chi connectivity index (χ2v) is 18.8. The van der Waals surface area contributed by atoms with Crippen molar-refractivity contribution in [3.05, 3.63) is 36.5 Å². The molecule has 9 nitrogen and oxygen atoms in total. The Morgan fingerprint density at radius 2 is 0.857 bits per heavy atom. The molecule has 0 aliphatic carbocycles. The van der Waals surface area contributed by atoms with Crippen molar-refractivity contribution >= 4 is 17.9 Å². The van der Waals surface area contributed by atoms with Gasteiger partial charge < -0.3 is 33.3 Å². The van der Waals surface area contributed by atoms with Gasteiger partial charge in [-0.3, -0.25) is 9.59 Å². The molecule has 0 spiro atoms. The third kappa shape index (κ3) is 47.3. The summed E-state index contributed by atoms with van der Waals surface area (Å²) in [7, 11) is 5.90. The molecule has 0 fully saturated rings. The van der Waals surface area contributed by atoms with Crippen molar-refractivity contribution in [1.82, 2.24) is 0 Å². The van der Waals surface area contributed by atoms with Gasteiger partial charge in [0, 0.05) is 12.8 Å². The fraction of sp³-hybridized carbons (Fsp3) is 0.833. The lowest BCUT2D eigenvalue weighted by Gasteiger charge is -2.26. The number of carboxylic acids is 1. The van der Waals surface area contributed by atoms with Gasteiger partial charge in [0.25, 0.3) is 0 Å². The van der Waals surface area contributed by atoms with Gasteiger partial charge >= 0.3 is 11.9 Å². The number of hydrogen-bond acceptors (Lipinski definition) is 8. The lowest BCUT2D eigenvalue weighted by Crippen LogP contribution is -2.44. The van der Waals surface area contributed by atoms with Gasteiger partial charge in [0.05, 0.1) is 40.3 Å². The van der Waals surface area contributed by atoms with Crippen LogP contribution in [0.4, 0.5) is 0 Å². The first-order valence-corrected chi connectivity index (χ1v) is 26.1. The molecular formula is C54H99NO8.